The average molecular weight is 316 g/mol. The van der Waals surface area contributed by atoms with Crippen LogP contribution in [0.1, 0.15) is 30.4 Å². The third-order valence-electron chi connectivity index (χ3n) is 3.84. The van der Waals surface area contributed by atoms with Gasteiger partial charge in [-0.25, -0.2) is 0 Å². The highest BCUT2D eigenvalue weighted by Crippen LogP contribution is 2.38. The molecule has 1 aromatic carbocycles. The Labute approximate surface area is 126 Å². The number of alkyl halides is 3. The predicted octanol–water partition coefficient (Wildman–Crippen LogP) is 2.65. The van der Waals surface area contributed by atoms with E-state index in [0.717, 1.165) is 25.3 Å². The molecule has 0 spiro atoms. The Morgan fingerprint density at radius 3 is 2.45 bits per heavy atom. The molecule has 0 radical (unpaired) electrons. The van der Waals surface area contributed by atoms with Crippen molar-refractivity contribution in [3.8, 4) is 0 Å². The Morgan fingerprint density at radius 1 is 1.27 bits per heavy atom. The van der Waals surface area contributed by atoms with Crippen LogP contribution in [0.2, 0.25) is 0 Å². The number of carboxylic acids is 1. The number of carbonyl (C=O) groups is 1. The van der Waals surface area contributed by atoms with Crippen LogP contribution in [0.4, 0.5) is 18.9 Å². The van der Waals surface area contributed by atoms with Crippen LogP contribution < -0.4 is 10.6 Å². The molecule has 1 atom stereocenters. The van der Waals surface area contributed by atoms with Crippen LogP contribution >= 0.6 is 0 Å². The first-order valence-corrected chi connectivity index (χ1v) is 7.22. The molecule has 1 heterocycles. The van der Waals surface area contributed by atoms with Crippen molar-refractivity contribution in [1.82, 2.24) is 0 Å². The highest BCUT2D eigenvalue weighted by molar-refractivity contribution is 5.73. The molecule has 1 aliphatic rings. The highest BCUT2D eigenvalue weighted by Gasteiger charge is 2.35. The van der Waals surface area contributed by atoms with E-state index in [1.807, 2.05) is 0 Å². The Balaban J connectivity index is 2.32. The Bertz CT molecular complexity index is 540. The number of piperidine rings is 1. The Hall–Kier alpha value is -1.76. The molecule has 1 saturated heterocycles. The third-order valence-corrected chi connectivity index (χ3v) is 3.84. The van der Waals surface area contributed by atoms with E-state index in [-0.39, 0.29) is 17.7 Å². The molecule has 0 aliphatic carbocycles. The summed E-state index contributed by atoms with van der Waals surface area (Å²) in [6.07, 6.45) is -1.82. The van der Waals surface area contributed by atoms with Crippen LogP contribution in [-0.2, 0) is 17.4 Å². The van der Waals surface area contributed by atoms with Gasteiger partial charge in [0.1, 0.15) is 6.04 Å². The maximum absolute atomic E-state index is 13.3. The lowest BCUT2D eigenvalue weighted by Crippen LogP contribution is -2.33. The van der Waals surface area contributed by atoms with Gasteiger partial charge in [0.05, 0.1) is 5.56 Å². The van der Waals surface area contributed by atoms with E-state index in [4.69, 9.17) is 10.8 Å². The van der Waals surface area contributed by atoms with Crippen LogP contribution in [0.3, 0.4) is 0 Å². The van der Waals surface area contributed by atoms with Crippen molar-refractivity contribution in [3.05, 3.63) is 29.3 Å². The van der Waals surface area contributed by atoms with Crippen molar-refractivity contribution in [2.45, 2.75) is 37.9 Å². The van der Waals surface area contributed by atoms with Crippen molar-refractivity contribution in [2.75, 3.05) is 18.0 Å². The number of benzene rings is 1. The quantitative estimate of drug-likeness (QED) is 0.896. The summed E-state index contributed by atoms with van der Waals surface area (Å²) < 4.78 is 39.9. The van der Waals surface area contributed by atoms with Gasteiger partial charge in [0.25, 0.3) is 0 Å². The van der Waals surface area contributed by atoms with Gasteiger partial charge in [0, 0.05) is 18.8 Å². The van der Waals surface area contributed by atoms with Crippen molar-refractivity contribution in [1.29, 1.82) is 0 Å². The number of anilines is 1. The minimum atomic E-state index is -4.48. The predicted molar refractivity (Wildman–Crippen MR) is 76.8 cm³/mol. The molecule has 1 unspecified atom stereocenters. The maximum Gasteiger partial charge on any atom is 0.418 e. The molecule has 22 heavy (non-hydrogen) atoms. The SMILES string of the molecule is NC(Cc1ccc(N2CCCCC2)c(C(F)(F)F)c1)C(=O)O. The van der Waals surface area contributed by atoms with Crippen LogP contribution in [0.5, 0.6) is 0 Å². The number of hydrogen-bond acceptors (Lipinski definition) is 3. The van der Waals surface area contributed by atoms with Gasteiger partial charge < -0.3 is 15.7 Å². The molecule has 2 rings (SSSR count). The van der Waals surface area contributed by atoms with Crippen LogP contribution in [0.25, 0.3) is 0 Å². The number of halogens is 3. The Kier molecular flexibility index (Phi) is 4.95. The number of nitrogens with zero attached hydrogens (tertiary/aromatic N) is 1. The largest absolute Gasteiger partial charge is 0.480 e. The zero-order valence-electron chi connectivity index (χ0n) is 12.1. The Morgan fingerprint density at radius 2 is 1.91 bits per heavy atom. The van der Waals surface area contributed by atoms with Gasteiger partial charge >= 0.3 is 12.1 Å². The van der Waals surface area contributed by atoms with Crippen molar-refractivity contribution in [2.24, 2.45) is 5.73 Å². The van der Waals surface area contributed by atoms with Gasteiger partial charge in [-0.2, -0.15) is 13.2 Å². The standard InChI is InChI=1S/C15H19F3N2O2/c16-15(17,18)11-8-10(9-12(19)14(21)22)4-5-13(11)20-6-2-1-3-7-20/h4-5,8,12H,1-3,6-7,9,19H2,(H,21,22). The lowest BCUT2D eigenvalue weighted by molar-refractivity contribution is -0.138. The summed E-state index contributed by atoms with van der Waals surface area (Å²) in [6, 6.07) is 2.77. The molecular weight excluding hydrogens is 297 g/mol. The average Bonchev–Trinajstić information content (AvgIpc) is 2.47. The van der Waals surface area contributed by atoms with Gasteiger partial charge in [-0.05, 0) is 43.4 Å². The summed E-state index contributed by atoms with van der Waals surface area (Å²) in [6.45, 7) is 1.22. The zero-order chi connectivity index (χ0) is 16.3. The summed E-state index contributed by atoms with van der Waals surface area (Å²) in [5.74, 6) is -1.23. The minimum absolute atomic E-state index is 0.126. The minimum Gasteiger partial charge on any atom is -0.480 e. The molecule has 4 nitrogen and oxygen atoms in total. The molecule has 0 amide bonds. The van der Waals surface area contributed by atoms with Gasteiger partial charge in [0.2, 0.25) is 0 Å². The smallest absolute Gasteiger partial charge is 0.418 e. The van der Waals surface area contributed by atoms with E-state index < -0.39 is 23.8 Å². The first-order valence-electron chi connectivity index (χ1n) is 7.22. The van der Waals surface area contributed by atoms with Crippen LogP contribution in [0.15, 0.2) is 18.2 Å². The summed E-state index contributed by atoms with van der Waals surface area (Å²) in [5, 5.41) is 8.78. The molecule has 7 heteroatoms. The van der Waals surface area contributed by atoms with Gasteiger partial charge in [0.15, 0.2) is 0 Å². The molecule has 1 fully saturated rings. The lowest BCUT2D eigenvalue weighted by Gasteiger charge is -2.31. The fraction of sp³-hybridized carbons (Fsp3) is 0.533. The van der Waals surface area contributed by atoms with E-state index in [9.17, 15) is 18.0 Å². The summed E-state index contributed by atoms with van der Waals surface area (Å²) in [4.78, 5) is 12.5. The summed E-state index contributed by atoms with van der Waals surface area (Å²) in [7, 11) is 0. The second kappa shape index (κ2) is 6.56. The number of hydrogen-bond donors (Lipinski definition) is 2. The van der Waals surface area contributed by atoms with Crippen molar-refractivity contribution < 1.29 is 23.1 Å². The molecule has 0 aromatic heterocycles. The molecule has 1 aromatic rings. The molecule has 0 bridgehead atoms. The van der Waals surface area contributed by atoms with E-state index in [2.05, 4.69) is 0 Å². The van der Waals surface area contributed by atoms with E-state index >= 15 is 0 Å². The fourth-order valence-electron chi connectivity index (χ4n) is 2.69. The zero-order valence-corrected chi connectivity index (χ0v) is 12.1. The van der Waals surface area contributed by atoms with Crippen molar-refractivity contribution in [3.63, 3.8) is 0 Å². The van der Waals surface area contributed by atoms with Gasteiger partial charge in [-0.1, -0.05) is 6.07 Å². The van der Waals surface area contributed by atoms with Gasteiger partial charge in [-0.3, -0.25) is 4.79 Å². The molecule has 1 aliphatic heterocycles. The van der Waals surface area contributed by atoms with E-state index in [1.54, 1.807) is 4.90 Å². The second-order valence-corrected chi connectivity index (χ2v) is 5.55. The van der Waals surface area contributed by atoms with E-state index in [1.165, 1.54) is 12.1 Å². The van der Waals surface area contributed by atoms with Crippen LogP contribution in [0, 0.1) is 0 Å². The first kappa shape index (κ1) is 16.6. The maximum atomic E-state index is 13.3. The topological polar surface area (TPSA) is 66.6 Å². The fourth-order valence-corrected chi connectivity index (χ4v) is 2.69. The number of carboxylic acid groups (broad SMARTS) is 1. The molecular formula is C15H19F3N2O2. The normalized spacial score (nSPS) is 17.4. The number of nitrogens with two attached hydrogens (primary N) is 1. The van der Waals surface area contributed by atoms with E-state index in [0.29, 0.717) is 13.1 Å². The molecule has 3 N–H and O–H groups in total. The van der Waals surface area contributed by atoms with Crippen LogP contribution in [-0.4, -0.2) is 30.2 Å². The highest BCUT2D eigenvalue weighted by atomic mass is 19.4. The number of aliphatic carboxylic acids is 1. The summed E-state index contributed by atoms with van der Waals surface area (Å²) >= 11 is 0. The number of rotatable bonds is 4. The third kappa shape index (κ3) is 3.91. The molecule has 0 saturated carbocycles. The second-order valence-electron chi connectivity index (χ2n) is 5.55. The lowest BCUT2D eigenvalue weighted by atomic mass is 10.0. The monoisotopic (exact) mass is 316 g/mol. The first-order chi connectivity index (χ1) is 10.3. The van der Waals surface area contributed by atoms with Gasteiger partial charge in [-0.15, -0.1) is 0 Å². The van der Waals surface area contributed by atoms with Crippen molar-refractivity contribution >= 4 is 11.7 Å². The molecule has 122 valence electrons. The summed E-state index contributed by atoms with van der Waals surface area (Å²) in [5.41, 5.74) is 5.13.